The first-order valence-electron chi connectivity index (χ1n) is 15.6. The standard InChI is InChI=1S/C43H31NO/c1-43(2)38-26-30-16-10-9-15-29(30)25-37(38)34-24-23-32(27-39(34)43)44(31-17-7-4-8-18-31)40-22-12-21-36-35-20-11-19-33(41(35)45-42(36)40)28-13-5-3-6-14-28/h3-27H,1-2H3. The van der Waals surface area contributed by atoms with E-state index < -0.39 is 0 Å². The summed E-state index contributed by atoms with van der Waals surface area (Å²) in [6.07, 6.45) is 0. The Morgan fingerprint density at radius 3 is 1.89 bits per heavy atom. The first-order valence-corrected chi connectivity index (χ1v) is 15.6. The molecule has 0 N–H and O–H groups in total. The second-order valence-electron chi connectivity index (χ2n) is 12.6. The predicted octanol–water partition coefficient (Wildman–Crippen LogP) is 12.2. The quantitative estimate of drug-likeness (QED) is 0.207. The third-order valence-corrected chi connectivity index (χ3v) is 9.63. The fraction of sp³-hybridized carbons (Fsp3) is 0.0698. The number of furan rings is 1. The van der Waals surface area contributed by atoms with Gasteiger partial charge in [-0.15, -0.1) is 0 Å². The lowest BCUT2D eigenvalue weighted by Crippen LogP contribution is -2.16. The Balaban J connectivity index is 1.26. The maximum absolute atomic E-state index is 6.88. The SMILES string of the molecule is CC1(C)c2cc(N(c3ccccc3)c3cccc4c3oc3c(-c5ccccc5)cccc34)ccc2-c2cc3ccccc3cc21. The van der Waals surface area contributed by atoms with Crippen LogP contribution >= 0.6 is 0 Å². The Bertz CT molecular complexity index is 2400. The van der Waals surface area contributed by atoms with Crippen LogP contribution in [0.4, 0.5) is 17.1 Å². The van der Waals surface area contributed by atoms with Gasteiger partial charge < -0.3 is 9.32 Å². The highest BCUT2D eigenvalue weighted by molar-refractivity contribution is 6.13. The lowest BCUT2D eigenvalue weighted by molar-refractivity contribution is 0.661. The Morgan fingerprint density at radius 1 is 0.467 bits per heavy atom. The largest absolute Gasteiger partial charge is 0.453 e. The molecule has 0 saturated carbocycles. The summed E-state index contributed by atoms with van der Waals surface area (Å²) in [7, 11) is 0. The van der Waals surface area contributed by atoms with Crippen molar-refractivity contribution in [3.8, 4) is 22.3 Å². The summed E-state index contributed by atoms with van der Waals surface area (Å²) in [5.41, 5.74) is 12.5. The fourth-order valence-corrected chi connectivity index (χ4v) is 7.38. The maximum atomic E-state index is 6.88. The van der Waals surface area contributed by atoms with Gasteiger partial charge in [-0.25, -0.2) is 0 Å². The maximum Gasteiger partial charge on any atom is 0.159 e. The van der Waals surface area contributed by atoms with Gasteiger partial charge in [0.25, 0.3) is 0 Å². The molecule has 7 aromatic carbocycles. The summed E-state index contributed by atoms with van der Waals surface area (Å²) < 4.78 is 6.88. The fourth-order valence-electron chi connectivity index (χ4n) is 7.38. The summed E-state index contributed by atoms with van der Waals surface area (Å²) >= 11 is 0. The van der Waals surface area contributed by atoms with Gasteiger partial charge in [-0.1, -0.05) is 123 Å². The Kier molecular flexibility index (Phi) is 5.58. The predicted molar refractivity (Wildman–Crippen MR) is 189 cm³/mol. The molecule has 0 aliphatic heterocycles. The molecular formula is C43H31NO. The number of para-hydroxylation sites is 3. The van der Waals surface area contributed by atoms with Gasteiger partial charge in [-0.3, -0.25) is 0 Å². The third kappa shape index (κ3) is 3.89. The van der Waals surface area contributed by atoms with E-state index in [9.17, 15) is 0 Å². The van der Waals surface area contributed by atoms with Gasteiger partial charge in [-0.2, -0.15) is 0 Å². The number of fused-ring (bicyclic) bond motifs is 7. The van der Waals surface area contributed by atoms with Crippen LogP contribution in [0.3, 0.4) is 0 Å². The normalized spacial score (nSPS) is 13.3. The Morgan fingerprint density at radius 2 is 1.11 bits per heavy atom. The summed E-state index contributed by atoms with van der Waals surface area (Å²) in [5.74, 6) is 0. The molecular weight excluding hydrogens is 546 g/mol. The second-order valence-corrected chi connectivity index (χ2v) is 12.6. The van der Waals surface area contributed by atoms with Crippen LogP contribution in [0.1, 0.15) is 25.0 Å². The van der Waals surface area contributed by atoms with Crippen molar-refractivity contribution in [1.29, 1.82) is 0 Å². The van der Waals surface area contributed by atoms with Crippen molar-refractivity contribution in [2.24, 2.45) is 0 Å². The van der Waals surface area contributed by atoms with Crippen LogP contribution in [0.25, 0.3) is 55.0 Å². The van der Waals surface area contributed by atoms with Gasteiger partial charge in [0.1, 0.15) is 5.58 Å². The van der Waals surface area contributed by atoms with E-state index in [-0.39, 0.29) is 5.41 Å². The van der Waals surface area contributed by atoms with Gasteiger partial charge in [0.05, 0.1) is 5.69 Å². The average molecular weight is 578 g/mol. The van der Waals surface area contributed by atoms with E-state index in [2.05, 4.69) is 170 Å². The molecule has 0 fully saturated rings. The van der Waals surface area contributed by atoms with Crippen LogP contribution < -0.4 is 4.90 Å². The van der Waals surface area contributed by atoms with E-state index in [4.69, 9.17) is 4.42 Å². The molecule has 1 heterocycles. The molecule has 1 aliphatic carbocycles. The lowest BCUT2D eigenvalue weighted by atomic mass is 9.81. The molecule has 9 rings (SSSR count). The number of rotatable bonds is 4. The summed E-state index contributed by atoms with van der Waals surface area (Å²) in [4.78, 5) is 2.35. The molecule has 0 radical (unpaired) electrons. The smallest absolute Gasteiger partial charge is 0.159 e. The van der Waals surface area contributed by atoms with Crippen molar-refractivity contribution in [2.75, 3.05) is 4.90 Å². The minimum atomic E-state index is -0.136. The highest BCUT2D eigenvalue weighted by Crippen LogP contribution is 2.52. The average Bonchev–Trinajstić information content (AvgIpc) is 3.57. The third-order valence-electron chi connectivity index (χ3n) is 9.63. The number of nitrogens with zero attached hydrogens (tertiary/aromatic N) is 1. The monoisotopic (exact) mass is 577 g/mol. The highest BCUT2D eigenvalue weighted by atomic mass is 16.3. The molecule has 2 nitrogen and oxygen atoms in total. The van der Waals surface area contributed by atoms with Crippen LogP contribution in [0.15, 0.2) is 156 Å². The molecule has 1 aromatic heterocycles. The molecule has 0 amide bonds. The number of benzene rings is 7. The first-order chi connectivity index (χ1) is 22.1. The molecule has 0 spiro atoms. The minimum absolute atomic E-state index is 0.136. The Hall–Kier alpha value is -5.60. The van der Waals surface area contributed by atoms with Crippen LogP contribution in [-0.2, 0) is 5.41 Å². The van der Waals surface area contributed by atoms with Crippen molar-refractivity contribution in [3.63, 3.8) is 0 Å². The zero-order chi connectivity index (χ0) is 30.1. The molecule has 2 heteroatoms. The van der Waals surface area contributed by atoms with Crippen LogP contribution in [-0.4, -0.2) is 0 Å². The molecule has 0 atom stereocenters. The summed E-state index contributed by atoms with van der Waals surface area (Å²) in [6.45, 7) is 4.71. The van der Waals surface area contributed by atoms with E-state index >= 15 is 0 Å². The lowest BCUT2D eigenvalue weighted by Gasteiger charge is -2.28. The summed E-state index contributed by atoms with van der Waals surface area (Å²) in [6, 6.07) is 54.5. The Labute approximate surface area is 262 Å². The van der Waals surface area contributed by atoms with Crippen LogP contribution in [0, 0.1) is 0 Å². The molecule has 0 unspecified atom stereocenters. The number of hydrogen-bond donors (Lipinski definition) is 0. The van der Waals surface area contributed by atoms with E-state index in [0.29, 0.717) is 0 Å². The molecule has 1 aliphatic rings. The van der Waals surface area contributed by atoms with Gasteiger partial charge >= 0.3 is 0 Å². The van der Waals surface area contributed by atoms with Crippen LogP contribution in [0.5, 0.6) is 0 Å². The molecule has 214 valence electrons. The topological polar surface area (TPSA) is 16.4 Å². The van der Waals surface area contributed by atoms with E-state index in [1.807, 2.05) is 0 Å². The van der Waals surface area contributed by atoms with Crippen LogP contribution in [0.2, 0.25) is 0 Å². The molecule has 45 heavy (non-hydrogen) atoms. The van der Waals surface area contributed by atoms with Crippen molar-refractivity contribution in [1.82, 2.24) is 0 Å². The molecule has 8 aromatic rings. The number of hydrogen-bond acceptors (Lipinski definition) is 2. The second kappa shape index (κ2) is 9.70. The van der Waals surface area contributed by atoms with E-state index in [1.54, 1.807) is 0 Å². The van der Waals surface area contributed by atoms with Gasteiger partial charge in [0.15, 0.2) is 5.58 Å². The molecule has 0 saturated heterocycles. The highest BCUT2D eigenvalue weighted by Gasteiger charge is 2.36. The zero-order valence-electron chi connectivity index (χ0n) is 25.3. The van der Waals surface area contributed by atoms with Crippen molar-refractivity contribution in [3.05, 3.63) is 163 Å². The van der Waals surface area contributed by atoms with Gasteiger partial charge in [-0.05, 0) is 81.1 Å². The number of anilines is 3. The minimum Gasteiger partial charge on any atom is -0.453 e. The van der Waals surface area contributed by atoms with Crippen molar-refractivity contribution < 1.29 is 4.42 Å². The summed E-state index contributed by atoms with van der Waals surface area (Å²) in [5, 5.41) is 4.80. The molecule has 0 bridgehead atoms. The van der Waals surface area contributed by atoms with E-state index in [1.165, 1.54) is 33.0 Å². The van der Waals surface area contributed by atoms with Gasteiger partial charge in [0.2, 0.25) is 0 Å². The zero-order valence-corrected chi connectivity index (χ0v) is 25.3. The first kappa shape index (κ1) is 25.9. The van der Waals surface area contributed by atoms with Crippen molar-refractivity contribution >= 4 is 49.8 Å². The van der Waals surface area contributed by atoms with Crippen molar-refractivity contribution in [2.45, 2.75) is 19.3 Å². The van der Waals surface area contributed by atoms with E-state index in [0.717, 1.165) is 50.1 Å². The van der Waals surface area contributed by atoms with Gasteiger partial charge in [0, 0.05) is 33.1 Å².